The molecular formula is C17H18N2O5S. The van der Waals surface area contributed by atoms with Gasteiger partial charge in [0.25, 0.3) is 0 Å². The summed E-state index contributed by atoms with van der Waals surface area (Å²) in [6, 6.07) is 11.8. The molecule has 2 aromatic carbocycles. The summed E-state index contributed by atoms with van der Waals surface area (Å²) in [5, 5.41) is 2.61. The molecule has 0 unspecified atom stereocenters. The van der Waals surface area contributed by atoms with Gasteiger partial charge in [0.15, 0.2) is 0 Å². The smallest absolute Gasteiger partial charge is 0.343 e. The van der Waals surface area contributed by atoms with Crippen LogP contribution in [-0.4, -0.2) is 38.7 Å². The Bertz CT molecular complexity index is 872. The number of hydrogen-bond acceptors (Lipinski definition) is 5. The number of nitrogens with zero attached hydrogens (tertiary/aromatic N) is 1. The van der Waals surface area contributed by atoms with Crippen molar-refractivity contribution < 1.29 is 22.7 Å². The molecule has 0 heterocycles. The summed E-state index contributed by atoms with van der Waals surface area (Å²) in [5.41, 5.74) is 0.814. The fourth-order valence-corrected chi connectivity index (χ4v) is 2.85. The minimum atomic E-state index is -3.55. The van der Waals surface area contributed by atoms with Crippen LogP contribution in [0, 0.1) is 0 Å². The van der Waals surface area contributed by atoms with E-state index in [1.807, 2.05) is 0 Å². The van der Waals surface area contributed by atoms with E-state index in [1.54, 1.807) is 24.3 Å². The van der Waals surface area contributed by atoms with Crippen LogP contribution < -0.4 is 10.1 Å². The third-order valence-corrected chi connectivity index (χ3v) is 5.08. The van der Waals surface area contributed by atoms with Gasteiger partial charge in [-0.1, -0.05) is 0 Å². The topological polar surface area (TPSA) is 92.8 Å². The van der Waals surface area contributed by atoms with E-state index in [0.29, 0.717) is 11.4 Å². The highest BCUT2D eigenvalue weighted by molar-refractivity contribution is 7.89. The standard InChI is InChI=1S/C17H18N2O5S/c1-12(20)18-14-6-8-15(9-7-14)24-17(21)13-4-10-16(11-5-13)25(22,23)19(2)3/h4-11H,1-3H3,(H,18,20). The van der Waals surface area contributed by atoms with E-state index in [4.69, 9.17) is 4.74 Å². The minimum absolute atomic E-state index is 0.0914. The molecule has 0 aliphatic carbocycles. The Balaban J connectivity index is 2.10. The Kier molecular flexibility index (Phi) is 5.55. The predicted molar refractivity (Wildman–Crippen MR) is 93.0 cm³/mol. The predicted octanol–water partition coefficient (Wildman–Crippen LogP) is 2.11. The molecule has 0 aliphatic rings. The maximum absolute atomic E-state index is 12.1. The summed E-state index contributed by atoms with van der Waals surface area (Å²) >= 11 is 0. The number of nitrogens with one attached hydrogen (secondary N) is 1. The molecule has 0 radical (unpaired) electrons. The second kappa shape index (κ2) is 7.45. The third kappa shape index (κ3) is 4.65. The summed E-state index contributed by atoms with van der Waals surface area (Å²) in [6.07, 6.45) is 0. The van der Waals surface area contributed by atoms with Crippen LogP contribution >= 0.6 is 0 Å². The number of hydrogen-bond donors (Lipinski definition) is 1. The van der Waals surface area contributed by atoms with Crippen LogP contribution in [0.4, 0.5) is 5.69 Å². The molecule has 0 saturated carbocycles. The summed E-state index contributed by atoms with van der Waals surface area (Å²) in [4.78, 5) is 23.2. The van der Waals surface area contributed by atoms with Crippen LogP contribution in [-0.2, 0) is 14.8 Å². The van der Waals surface area contributed by atoms with E-state index in [0.717, 1.165) is 4.31 Å². The highest BCUT2D eigenvalue weighted by atomic mass is 32.2. The molecule has 2 rings (SSSR count). The molecule has 1 amide bonds. The zero-order valence-corrected chi connectivity index (χ0v) is 14.8. The van der Waals surface area contributed by atoms with Crippen LogP contribution in [0.1, 0.15) is 17.3 Å². The van der Waals surface area contributed by atoms with Crippen molar-refractivity contribution in [2.24, 2.45) is 0 Å². The van der Waals surface area contributed by atoms with Crippen molar-refractivity contribution in [1.82, 2.24) is 4.31 Å². The Morgan fingerprint density at radius 2 is 1.52 bits per heavy atom. The fourth-order valence-electron chi connectivity index (χ4n) is 1.95. The van der Waals surface area contributed by atoms with Gasteiger partial charge in [-0.3, -0.25) is 4.79 Å². The van der Waals surface area contributed by atoms with Crippen LogP contribution in [0.15, 0.2) is 53.4 Å². The molecule has 7 nitrogen and oxygen atoms in total. The Morgan fingerprint density at radius 1 is 0.960 bits per heavy atom. The molecule has 0 bridgehead atoms. The van der Waals surface area contributed by atoms with E-state index >= 15 is 0 Å². The van der Waals surface area contributed by atoms with Gasteiger partial charge in [0, 0.05) is 26.7 Å². The molecule has 0 aromatic heterocycles. The largest absolute Gasteiger partial charge is 0.423 e. The van der Waals surface area contributed by atoms with E-state index in [1.165, 1.54) is 45.3 Å². The number of carbonyl (C=O) groups excluding carboxylic acids is 2. The lowest BCUT2D eigenvalue weighted by molar-refractivity contribution is -0.114. The summed E-state index contributed by atoms with van der Waals surface area (Å²) in [5.74, 6) is -0.498. The molecule has 0 saturated heterocycles. The van der Waals surface area contributed by atoms with E-state index in [2.05, 4.69) is 5.32 Å². The van der Waals surface area contributed by atoms with Crippen LogP contribution in [0.2, 0.25) is 0 Å². The van der Waals surface area contributed by atoms with Gasteiger partial charge in [-0.25, -0.2) is 17.5 Å². The van der Waals surface area contributed by atoms with Gasteiger partial charge in [0.2, 0.25) is 15.9 Å². The van der Waals surface area contributed by atoms with Gasteiger partial charge in [-0.15, -0.1) is 0 Å². The molecule has 0 spiro atoms. The molecule has 0 fully saturated rings. The van der Waals surface area contributed by atoms with Crippen LogP contribution in [0.25, 0.3) is 0 Å². The number of esters is 1. The van der Waals surface area contributed by atoms with Crippen molar-refractivity contribution in [2.45, 2.75) is 11.8 Å². The normalized spacial score (nSPS) is 11.2. The SMILES string of the molecule is CC(=O)Nc1ccc(OC(=O)c2ccc(S(=O)(=O)N(C)C)cc2)cc1. The van der Waals surface area contributed by atoms with Crippen molar-refractivity contribution in [3.63, 3.8) is 0 Å². The Morgan fingerprint density at radius 3 is 2.00 bits per heavy atom. The highest BCUT2D eigenvalue weighted by Gasteiger charge is 2.18. The zero-order valence-electron chi connectivity index (χ0n) is 14.0. The maximum Gasteiger partial charge on any atom is 0.343 e. The quantitative estimate of drug-likeness (QED) is 0.650. The number of benzene rings is 2. The van der Waals surface area contributed by atoms with Crippen molar-refractivity contribution in [2.75, 3.05) is 19.4 Å². The van der Waals surface area contributed by atoms with Crippen molar-refractivity contribution in [3.8, 4) is 5.75 Å². The first-order chi connectivity index (χ1) is 11.7. The van der Waals surface area contributed by atoms with E-state index < -0.39 is 16.0 Å². The van der Waals surface area contributed by atoms with Crippen molar-refractivity contribution in [3.05, 3.63) is 54.1 Å². The second-order valence-corrected chi connectivity index (χ2v) is 7.56. The molecule has 8 heteroatoms. The molecule has 1 N–H and O–H groups in total. The van der Waals surface area contributed by atoms with Gasteiger partial charge in [0.05, 0.1) is 10.5 Å². The summed E-state index contributed by atoms with van der Waals surface area (Å²) < 4.78 is 30.3. The Labute approximate surface area is 146 Å². The number of anilines is 1. The molecule has 132 valence electrons. The fraction of sp³-hybridized carbons (Fsp3) is 0.176. The first kappa shape index (κ1) is 18.6. The minimum Gasteiger partial charge on any atom is -0.423 e. The number of sulfonamides is 1. The average molecular weight is 362 g/mol. The van der Waals surface area contributed by atoms with Gasteiger partial charge < -0.3 is 10.1 Å². The van der Waals surface area contributed by atoms with E-state index in [-0.39, 0.29) is 16.4 Å². The molecule has 0 aliphatic heterocycles. The van der Waals surface area contributed by atoms with Crippen molar-refractivity contribution >= 4 is 27.6 Å². The van der Waals surface area contributed by atoms with E-state index in [9.17, 15) is 18.0 Å². The molecular weight excluding hydrogens is 344 g/mol. The highest BCUT2D eigenvalue weighted by Crippen LogP contribution is 2.18. The van der Waals surface area contributed by atoms with Gasteiger partial charge in [-0.2, -0.15) is 0 Å². The number of amides is 1. The molecule has 0 atom stereocenters. The Hall–Kier alpha value is -2.71. The first-order valence-electron chi connectivity index (χ1n) is 7.32. The lowest BCUT2D eigenvalue weighted by atomic mass is 10.2. The third-order valence-electron chi connectivity index (χ3n) is 3.25. The number of ether oxygens (including phenoxy) is 1. The molecule has 2 aromatic rings. The van der Waals surface area contributed by atoms with Gasteiger partial charge >= 0.3 is 5.97 Å². The number of rotatable bonds is 5. The maximum atomic E-state index is 12.1. The van der Waals surface area contributed by atoms with Gasteiger partial charge in [0.1, 0.15) is 5.75 Å². The van der Waals surface area contributed by atoms with Gasteiger partial charge in [-0.05, 0) is 48.5 Å². The lowest BCUT2D eigenvalue weighted by Gasteiger charge is -2.11. The van der Waals surface area contributed by atoms with Crippen molar-refractivity contribution in [1.29, 1.82) is 0 Å². The number of carbonyl (C=O) groups is 2. The summed E-state index contributed by atoms with van der Waals surface area (Å²) in [6.45, 7) is 1.40. The van der Waals surface area contributed by atoms with Crippen LogP contribution in [0.5, 0.6) is 5.75 Å². The average Bonchev–Trinajstić information content (AvgIpc) is 2.56. The summed E-state index contributed by atoms with van der Waals surface area (Å²) in [7, 11) is -0.681. The first-order valence-corrected chi connectivity index (χ1v) is 8.76. The zero-order chi connectivity index (χ0) is 18.6. The molecule has 25 heavy (non-hydrogen) atoms. The second-order valence-electron chi connectivity index (χ2n) is 5.41. The van der Waals surface area contributed by atoms with Crippen LogP contribution in [0.3, 0.4) is 0 Å². The monoisotopic (exact) mass is 362 g/mol. The lowest BCUT2D eigenvalue weighted by Crippen LogP contribution is -2.22.